The average molecular weight is 246 g/mol. The Morgan fingerprint density at radius 1 is 1.50 bits per heavy atom. The van der Waals surface area contributed by atoms with Gasteiger partial charge in [0.2, 0.25) is 5.91 Å². The number of H-pyrrole nitrogens is 1. The largest absolute Gasteiger partial charge is 0.345 e. The van der Waals surface area contributed by atoms with E-state index in [9.17, 15) is 4.79 Å². The summed E-state index contributed by atoms with van der Waals surface area (Å²) >= 11 is 0. The third-order valence-corrected chi connectivity index (χ3v) is 2.70. The predicted octanol–water partition coefficient (Wildman–Crippen LogP) is 2.02. The first-order valence-electron chi connectivity index (χ1n) is 5.96. The predicted molar refractivity (Wildman–Crippen MR) is 72.2 cm³/mol. The minimum atomic E-state index is -0.315. The molecule has 1 aromatic carbocycles. The fraction of sp³-hybridized carbons (Fsp3) is 0.385. The van der Waals surface area contributed by atoms with Crippen molar-refractivity contribution in [3.63, 3.8) is 0 Å². The van der Waals surface area contributed by atoms with Crippen molar-refractivity contribution < 1.29 is 4.79 Å². The van der Waals surface area contributed by atoms with E-state index in [1.54, 1.807) is 6.33 Å². The molecule has 2 rings (SSSR count). The zero-order valence-corrected chi connectivity index (χ0v) is 10.7. The molecular weight excluding hydrogens is 228 g/mol. The van der Waals surface area contributed by atoms with Crippen LogP contribution in [0.25, 0.3) is 11.0 Å². The van der Waals surface area contributed by atoms with Gasteiger partial charge in [0.05, 0.1) is 17.4 Å². The summed E-state index contributed by atoms with van der Waals surface area (Å²) in [4.78, 5) is 18.9. The second-order valence-electron chi connectivity index (χ2n) is 5.17. The van der Waals surface area contributed by atoms with Crippen molar-refractivity contribution in [3.05, 3.63) is 24.5 Å². The maximum absolute atomic E-state index is 11.7. The van der Waals surface area contributed by atoms with Crippen molar-refractivity contribution in [1.82, 2.24) is 9.97 Å². The van der Waals surface area contributed by atoms with Crippen LogP contribution < -0.4 is 11.1 Å². The van der Waals surface area contributed by atoms with E-state index in [0.29, 0.717) is 12.8 Å². The Labute approximate surface area is 106 Å². The van der Waals surface area contributed by atoms with Crippen molar-refractivity contribution in [2.24, 2.45) is 5.73 Å². The number of aromatic amines is 1. The highest BCUT2D eigenvalue weighted by Gasteiger charge is 2.13. The third-order valence-electron chi connectivity index (χ3n) is 2.70. The lowest BCUT2D eigenvalue weighted by Crippen LogP contribution is -2.33. The van der Waals surface area contributed by atoms with Crippen molar-refractivity contribution in [2.75, 3.05) is 5.32 Å². The maximum Gasteiger partial charge on any atom is 0.224 e. The molecule has 0 bridgehead atoms. The van der Waals surface area contributed by atoms with Crippen LogP contribution in [-0.2, 0) is 4.79 Å². The molecule has 0 atom stereocenters. The Hall–Kier alpha value is -1.88. The van der Waals surface area contributed by atoms with Gasteiger partial charge in [-0.15, -0.1) is 0 Å². The van der Waals surface area contributed by atoms with Gasteiger partial charge in [-0.2, -0.15) is 0 Å². The third kappa shape index (κ3) is 3.30. The van der Waals surface area contributed by atoms with Crippen molar-refractivity contribution in [2.45, 2.75) is 32.2 Å². The summed E-state index contributed by atoms with van der Waals surface area (Å²) in [7, 11) is 0. The molecule has 96 valence electrons. The van der Waals surface area contributed by atoms with Gasteiger partial charge in [0.1, 0.15) is 0 Å². The summed E-state index contributed by atoms with van der Waals surface area (Å²) in [6.45, 7) is 3.83. The molecule has 0 unspecified atom stereocenters. The molecule has 1 amide bonds. The van der Waals surface area contributed by atoms with Gasteiger partial charge in [-0.1, -0.05) is 0 Å². The number of benzene rings is 1. The molecule has 5 nitrogen and oxygen atoms in total. The molecule has 0 fully saturated rings. The Morgan fingerprint density at radius 3 is 3.00 bits per heavy atom. The number of hydrogen-bond acceptors (Lipinski definition) is 3. The summed E-state index contributed by atoms with van der Waals surface area (Å²) in [5.41, 5.74) is 8.09. The van der Waals surface area contributed by atoms with E-state index in [0.717, 1.165) is 16.7 Å². The normalized spacial score (nSPS) is 11.7. The highest BCUT2D eigenvalue weighted by atomic mass is 16.1. The van der Waals surface area contributed by atoms with Crippen LogP contribution in [0, 0.1) is 0 Å². The zero-order valence-electron chi connectivity index (χ0n) is 10.7. The number of amides is 1. The van der Waals surface area contributed by atoms with E-state index in [4.69, 9.17) is 5.73 Å². The molecule has 0 aliphatic rings. The number of anilines is 1. The minimum Gasteiger partial charge on any atom is -0.345 e. The van der Waals surface area contributed by atoms with Gasteiger partial charge in [0.15, 0.2) is 0 Å². The number of carbonyl (C=O) groups is 1. The SMILES string of the molecule is CC(C)(N)CCC(=O)Nc1ccc2nc[nH]c2c1. The topological polar surface area (TPSA) is 83.8 Å². The molecule has 0 aliphatic carbocycles. The van der Waals surface area contributed by atoms with Crippen molar-refractivity contribution >= 4 is 22.6 Å². The minimum absolute atomic E-state index is 0.0209. The van der Waals surface area contributed by atoms with Crippen LogP contribution in [0.1, 0.15) is 26.7 Å². The number of rotatable bonds is 4. The van der Waals surface area contributed by atoms with E-state index < -0.39 is 0 Å². The van der Waals surface area contributed by atoms with Gasteiger partial charge >= 0.3 is 0 Å². The smallest absolute Gasteiger partial charge is 0.224 e. The second kappa shape index (κ2) is 4.78. The second-order valence-corrected chi connectivity index (χ2v) is 5.17. The van der Waals surface area contributed by atoms with Gasteiger partial charge in [-0.3, -0.25) is 4.79 Å². The lowest BCUT2D eigenvalue weighted by atomic mass is 10.00. The first-order chi connectivity index (χ1) is 8.44. The quantitative estimate of drug-likeness (QED) is 0.771. The molecule has 5 heteroatoms. The number of nitrogens with zero attached hydrogens (tertiary/aromatic N) is 1. The van der Waals surface area contributed by atoms with Gasteiger partial charge in [-0.25, -0.2) is 4.98 Å². The first-order valence-corrected chi connectivity index (χ1v) is 5.96. The summed E-state index contributed by atoms with van der Waals surface area (Å²) in [5, 5.41) is 2.85. The number of imidazole rings is 1. The lowest BCUT2D eigenvalue weighted by molar-refractivity contribution is -0.116. The Bertz CT molecular complexity index is 553. The number of fused-ring (bicyclic) bond motifs is 1. The van der Waals surface area contributed by atoms with Crippen molar-refractivity contribution in [3.8, 4) is 0 Å². The Kier molecular flexibility index (Phi) is 3.34. The van der Waals surface area contributed by atoms with E-state index in [2.05, 4.69) is 15.3 Å². The lowest BCUT2D eigenvalue weighted by Gasteiger charge is -2.17. The number of carbonyl (C=O) groups excluding carboxylic acids is 1. The molecule has 4 N–H and O–H groups in total. The van der Waals surface area contributed by atoms with Gasteiger partial charge < -0.3 is 16.0 Å². The molecule has 0 spiro atoms. The van der Waals surface area contributed by atoms with Gasteiger partial charge in [0.25, 0.3) is 0 Å². The highest BCUT2D eigenvalue weighted by molar-refractivity contribution is 5.92. The van der Waals surface area contributed by atoms with Crippen LogP contribution in [0.5, 0.6) is 0 Å². The first kappa shape index (κ1) is 12.6. The van der Waals surface area contributed by atoms with E-state index in [1.165, 1.54) is 0 Å². The Morgan fingerprint density at radius 2 is 2.28 bits per heavy atom. The molecule has 18 heavy (non-hydrogen) atoms. The summed E-state index contributed by atoms with van der Waals surface area (Å²) in [5.74, 6) is -0.0209. The van der Waals surface area contributed by atoms with E-state index >= 15 is 0 Å². The number of nitrogens with two attached hydrogens (primary N) is 1. The van der Waals surface area contributed by atoms with E-state index in [1.807, 2.05) is 32.0 Å². The van der Waals surface area contributed by atoms with Crippen LogP contribution in [-0.4, -0.2) is 21.4 Å². The molecule has 0 saturated heterocycles. The average Bonchev–Trinajstić information content (AvgIpc) is 2.72. The molecule has 1 heterocycles. The maximum atomic E-state index is 11.7. The van der Waals surface area contributed by atoms with Crippen LogP contribution in [0.3, 0.4) is 0 Å². The van der Waals surface area contributed by atoms with Crippen LogP contribution in [0.15, 0.2) is 24.5 Å². The van der Waals surface area contributed by atoms with Crippen LogP contribution in [0.2, 0.25) is 0 Å². The summed E-state index contributed by atoms with van der Waals surface area (Å²) < 4.78 is 0. The van der Waals surface area contributed by atoms with Crippen molar-refractivity contribution in [1.29, 1.82) is 0 Å². The highest BCUT2D eigenvalue weighted by Crippen LogP contribution is 2.16. The fourth-order valence-electron chi connectivity index (χ4n) is 1.67. The monoisotopic (exact) mass is 246 g/mol. The molecule has 0 radical (unpaired) electrons. The molecular formula is C13H18N4O. The fourth-order valence-corrected chi connectivity index (χ4v) is 1.67. The summed E-state index contributed by atoms with van der Waals surface area (Å²) in [6.07, 6.45) is 2.71. The van der Waals surface area contributed by atoms with Crippen LogP contribution in [0.4, 0.5) is 5.69 Å². The number of aromatic nitrogens is 2. The Balaban J connectivity index is 1.98. The van der Waals surface area contributed by atoms with E-state index in [-0.39, 0.29) is 11.4 Å². The molecule has 0 aliphatic heterocycles. The molecule has 0 saturated carbocycles. The zero-order chi connectivity index (χ0) is 13.2. The molecule has 1 aromatic heterocycles. The van der Waals surface area contributed by atoms with Gasteiger partial charge in [-0.05, 0) is 38.5 Å². The standard InChI is InChI=1S/C13H18N4O/c1-13(2,14)6-5-12(18)17-9-3-4-10-11(7-9)16-8-15-10/h3-4,7-8H,5-6,14H2,1-2H3,(H,15,16)(H,17,18). The molecule has 2 aromatic rings. The number of hydrogen-bond donors (Lipinski definition) is 3. The van der Waals surface area contributed by atoms with Crippen LogP contribution >= 0.6 is 0 Å². The summed E-state index contributed by atoms with van der Waals surface area (Å²) in [6, 6.07) is 5.58. The van der Waals surface area contributed by atoms with Gasteiger partial charge in [0, 0.05) is 17.6 Å². The number of nitrogens with one attached hydrogen (secondary N) is 2.